The standard InChI is InChI=1S/C15H18FN3S/c1-9(17)7-12-13(16)5-4-6-14(12)20-15-18-10(2)8-11(3)19-15/h4-6,8-9H,7,17H2,1-3H3. The van der Waals surface area contributed by atoms with E-state index in [1.54, 1.807) is 6.07 Å². The zero-order valence-corrected chi connectivity index (χ0v) is 12.7. The van der Waals surface area contributed by atoms with E-state index in [-0.39, 0.29) is 11.9 Å². The lowest BCUT2D eigenvalue weighted by molar-refractivity contribution is 0.588. The molecule has 106 valence electrons. The van der Waals surface area contributed by atoms with Gasteiger partial charge in [0.2, 0.25) is 0 Å². The Labute approximate surface area is 122 Å². The molecule has 0 spiro atoms. The highest BCUT2D eigenvalue weighted by atomic mass is 32.2. The van der Waals surface area contributed by atoms with Crippen LogP contribution >= 0.6 is 11.8 Å². The van der Waals surface area contributed by atoms with Gasteiger partial charge in [-0.2, -0.15) is 0 Å². The lowest BCUT2D eigenvalue weighted by Crippen LogP contribution is -2.19. The average Bonchev–Trinajstić information content (AvgIpc) is 2.32. The summed E-state index contributed by atoms with van der Waals surface area (Å²) in [6.45, 7) is 5.72. The highest BCUT2D eigenvalue weighted by molar-refractivity contribution is 7.99. The van der Waals surface area contributed by atoms with Crippen LogP contribution in [-0.4, -0.2) is 16.0 Å². The molecule has 0 amide bonds. The molecule has 3 nitrogen and oxygen atoms in total. The van der Waals surface area contributed by atoms with Crippen LogP contribution in [0, 0.1) is 19.7 Å². The van der Waals surface area contributed by atoms with Crippen molar-refractivity contribution in [3.8, 4) is 0 Å². The fraction of sp³-hybridized carbons (Fsp3) is 0.333. The number of hydrogen-bond donors (Lipinski definition) is 1. The maximum absolute atomic E-state index is 14.0. The van der Waals surface area contributed by atoms with Crippen molar-refractivity contribution in [1.82, 2.24) is 9.97 Å². The number of rotatable bonds is 4. The first-order valence-electron chi connectivity index (χ1n) is 6.49. The third kappa shape index (κ3) is 3.77. The zero-order chi connectivity index (χ0) is 14.7. The Morgan fingerprint density at radius 3 is 2.50 bits per heavy atom. The monoisotopic (exact) mass is 291 g/mol. The topological polar surface area (TPSA) is 51.8 Å². The van der Waals surface area contributed by atoms with E-state index < -0.39 is 0 Å². The summed E-state index contributed by atoms with van der Waals surface area (Å²) in [6, 6.07) is 6.87. The Kier molecular flexibility index (Phi) is 4.73. The number of benzene rings is 1. The predicted molar refractivity (Wildman–Crippen MR) is 79.4 cm³/mol. The van der Waals surface area contributed by atoms with Crippen molar-refractivity contribution >= 4 is 11.8 Å². The van der Waals surface area contributed by atoms with Gasteiger partial charge in [0.1, 0.15) is 5.82 Å². The zero-order valence-electron chi connectivity index (χ0n) is 11.9. The van der Waals surface area contributed by atoms with Crippen LogP contribution in [0.3, 0.4) is 0 Å². The Morgan fingerprint density at radius 2 is 1.90 bits per heavy atom. The summed E-state index contributed by atoms with van der Waals surface area (Å²) >= 11 is 1.38. The average molecular weight is 291 g/mol. The van der Waals surface area contributed by atoms with Gasteiger partial charge in [-0.25, -0.2) is 14.4 Å². The van der Waals surface area contributed by atoms with E-state index in [0.29, 0.717) is 17.1 Å². The van der Waals surface area contributed by atoms with Crippen molar-refractivity contribution in [2.75, 3.05) is 0 Å². The van der Waals surface area contributed by atoms with Crippen LogP contribution in [0.25, 0.3) is 0 Å². The van der Waals surface area contributed by atoms with Crippen LogP contribution in [0.1, 0.15) is 23.9 Å². The van der Waals surface area contributed by atoms with Gasteiger partial charge in [-0.1, -0.05) is 6.07 Å². The lowest BCUT2D eigenvalue weighted by Gasteiger charge is -2.12. The minimum atomic E-state index is -0.225. The van der Waals surface area contributed by atoms with Crippen LogP contribution < -0.4 is 5.73 Å². The normalized spacial score (nSPS) is 12.4. The van der Waals surface area contributed by atoms with Gasteiger partial charge in [0.25, 0.3) is 0 Å². The maximum atomic E-state index is 14.0. The van der Waals surface area contributed by atoms with Gasteiger partial charge in [0.15, 0.2) is 5.16 Å². The van der Waals surface area contributed by atoms with Crippen LogP contribution in [0.5, 0.6) is 0 Å². The molecule has 0 bridgehead atoms. The summed E-state index contributed by atoms with van der Waals surface area (Å²) in [4.78, 5) is 9.58. The molecular formula is C15H18FN3S. The summed E-state index contributed by atoms with van der Waals surface area (Å²) in [5.41, 5.74) is 8.25. The molecule has 1 atom stereocenters. The molecule has 0 saturated heterocycles. The smallest absolute Gasteiger partial charge is 0.192 e. The van der Waals surface area contributed by atoms with Gasteiger partial charge in [-0.3, -0.25) is 0 Å². The van der Waals surface area contributed by atoms with Crippen molar-refractivity contribution in [1.29, 1.82) is 0 Å². The molecule has 2 N–H and O–H groups in total. The molecule has 0 aliphatic carbocycles. The molecule has 0 radical (unpaired) electrons. The molecule has 2 rings (SSSR count). The first kappa shape index (κ1) is 14.9. The number of aryl methyl sites for hydroxylation is 2. The van der Waals surface area contributed by atoms with Crippen LogP contribution in [-0.2, 0) is 6.42 Å². The molecule has 1 aromatic carbocycles. The van der Waals surface area contributed by atoms with E-state index >= 15 is 0 Å². The van der Waals surface area contributed by atoms with E-state index in [2.05, 4.69) is 9.97 Å². The highest BCUT2D eigenvalue weighted by Crippen LogP contribution is 2.30. The predicted octanol–water partition coefficient (Wildman–Crippen LogP) is 3.27. The summed E-state index contributed by atoms with van der Waals surface area (Å²) in [7, 11) is 0. The van der Waals surface area contributed by atoms with Crippen LogP contribution in [0.2, 0.25) is 0 Å². The second-order valence-corrected chi connectivity index (χ2v) is 5.94. The molecule has 1 aromatic heterocycles. The number of hydrogen-bond acceptors (Lipinski definition) is 4. The van der Waals surface area contributed by atoms with Gasteiger partial charge < -0.3 is 5.73 Å². The third-order valence-corrected chi connectivity index (χ3v) is 3.73. The second-order valence-electron chi connectivity index (χ2n) is 4.93. The van der Waals surface area contributed by atoms with Crippen molar-refractivity contribution < 1.29 is 4.39 Å². The van der Waals surface area contributed by atoms with E-state index in [9.17, 15) is 4.39 Å². The van der Waals surface area contributed by atoms with Crippen molar-refractivity contribution in [3.05, 3.63) is 47.0 Å². The summed E-state index contributed by atoms with van der Waals surface area (Å²) in [5.74, 6) is -0.225. The number of nitrogens with two attached hydrogens (primary N) is 1. The summed E-state index contributed by atoms with van der Waals surface area (Å²) < 4.78 is 14.0. The minimum Gasteiger partial charge on any atom is -0.328 e. The number of halogens is 1. The first-order chi connectivity index (χ1) is 9.45. The second kappa shape index (κ2) is 6.33. The van der Waals surface area contributed by atoms with Gasteiger partial charge in [0, 0.05) is 27.9 Å². The molecule has 1 unspecified atom stereocenters. The SMILES string of the molecule is Cc1cc(C)nc(Sc2cccc(F)c2CC(C)N)n1. The van der Waals surface area contributed by atoms with Crippen LogP contribution in [0.4, 0.5) is 4.39 Å². The summed E-state index contributed by atoms with van der Waals surface area (Å²) in [5, 5.41) is 0.638. The Morgan fingerprint density at radius 1 is 1.25 bits per heavy atom. The van der Waals surface area contributed by atoms with E-state index in [0.717, 1.165) is 16.3 Å². The summed E-state index contributed by atoms with van der Waals surface area (Å²) in [6.07, 6.45) is 0.500. The molecule has 0 aliphatic heterocycles. The van der Waals surface area contributed by atoms with E-state index in [1.165, 1.54) is 17.8 Å². The molecule has 1 heterocycles. The molecule has 0 aliphatic rings. The third-order valence-electron chi connectivity index (χ3n) is 2.76. The van der Waals surface area contributed by atoms with Gasteiger partial charge in [0.05, 0.1) is 0 Å². The van der Waals surface area contributed by atoms with Gasteiger partial charge in [-0.15, -0.1) is 0 Å². The molecule has 2 aromatic rings. The largest absolute Gasteiger partial charge is 0.328 e. The van der Waals surface area contributed by atoms with Crippen molar-refractivity contribution in [2.24, 2.45) is 5.73 Å². The minimum absolute atomic E-state index is 0.0913. The highest BCUT2D eigenvalue weighted by Gasteiger charge is 2.13. The fourth-order valence-corrected chi connectivity index (χ4v) is 3.02. The molecular weight excluding hydrogens is 273 g/mol. The maximum Gasteiger partial charge on any atom is 0.192 e. The van der Waals surface area contributed by atoms with E-state index in [4.69, 9.17) is 5.73 Å². The first-order valence-corrected chi connectivity index (χ1v) is 7.30. The van der Waals surface area contributed by atoms with E-state index in [1.807, 2.05) is 32.9 Å². The lowest BCUT2D eigenvalue weighted by atomic mass is 10.1. The van der Waals surface area contributed by atoms with Crippen molar-refractivity contribution in [2.45, 2.75) is 43.3 Å². The fourth-order valence-electron chi connectivity index (χ4n) is 1.99. The quantitative estimate of drug-likeness (QED) is 0.878. The van der Waals surface area contributed by atoms with Gasteiger partial charge in [-0.05, 0) is 57.2 Å². The van der Waals surface area contributed by atoms with Crippen molar-refractivity contribution in [3.63, 3.8) is 0 Å². The molecule has 20 heavy (non-hydrogen) atoms. The molecule has 0 fully saturated rings. The molecule has 0 saturated carbocycles. The van der Waals surface area contributed by atoms with Gasteiger partial charge >= 0.3 is 0 Å². The number of nitrogens with zero attached hydrogens (tertiary/aromatic N) is 2. The molecule has 5 heteroatoms. The number of aromatic nitrogens is 2. The van der Waals surface area contributed by atoms with Crippen LogP contribution in [0.15, 0.2) is 34.3 Å². The Hall–Kier alpha value is -1.46. The Balaban J connectivity index is 2.35. The Bertz CT molecular complexity index is 594.